The van der Waals surface area contributed by atoms with Crippen LogP contribution >= 0.6 is 0 Å². The smallest absolute Gasteiger partial charge is 0.148 e. The summed E-state index contributed by atoms with van der Waals surface area (Å²) in [5.41, 5.74) is 11.5. The van der Waals surface area contributed by atoms with Crippen LogP contribution in [0.15, 0.2) is 276 Å². The van der Waals surface area contributed by atoms with Crippen LogP contribution in [-0.2, 0) is 0 Å². The summed E-state index contributed by atoms with van der Waals surface area (Å²) < 4.78 is 68.4. The molecule has 4 aliphatic carbocycles. The fraction of sp³-hybridized carbons (Fsp3) is 0.0312. The van der Waals surface area contributed by atoms with Crippen molar-refractivity contribution in [2.75, 3.05) is 9.80 Å². The first-order chi connectivity index (χ1) is 34.4. The predicted octanol–water partition coefficient (Wildman–Crippen LogP) is 17.2. The Morgan fingerprint density at radius 1 is 0.329 bits per heavy atom. The van der Waals surface area contributed by atoms with Crippen molar-refractivity contribution in [1.82, 2.24) is 0 Å². The van der Waals surface area contributed by atoms with Crippen molar-refractivity contribution < 1.29 is 17.6 Å². The third kappa shape index (κ3) is 7.36. The second kappa shape index (κ2) is 17.7. The molecule has 2 atom stereocenters. The van der Waals surface area contributed by atoms with Crippen LogP contribution in [0.4, 0.5) is 40.3 Å². The third-order valence-corrected chi connectivity index (χ3v) is 13.7. The standard InChI is InChI=1S/C64H42F4N2/c65-53-25-13-15-27-59(53)69(63-51(43-21-9-3-10-22-43)37-47(39-55(63)67)41-17-5-1-6-18-41)57-35-31-45-30-34-50-58(36-32-46-29-33-49(57)61(45)62(46)50)70(60-28-16-14-26-54(60)66)64-52(44-23-11-4-12-24-44)38-48(40-56(64)68)42-19-7-2-8-20-42/h1-40,61-62H. The summed E-state index contributed by atoms with van der Waals surface area (Å²) in [6, 6.07) is 58.5. The maximum atomic E-state index is 17.6. The highest BCUT2D eigenvalue weighted by Crippen LogP contribution is 2.56. The Kier molecular flexibility index (Phi) is 10.8. The Morgan fingerprint density at radius 3 is 1.29 bits per heavy atom. The highest BCUT2D eigenvalue weighted by Gasteiger charge is 2.44. The molecule has 0 radical (unpaired) electrons. The molecule has 4 aliphatic rings. The van der Waals surface area contributed by atoms with Gasteiger partial charge < -0.3 is 9.80 Å². The van der Waals surface area contributed by atoms with E-state index in [0.717, 1.165) is 44.5 Å². The van der Waals surface area contributed by atoms with E-state index in [1.54, 1.807) is 46.2 Å². The van der Waals surface area contributed by atoms with Gasteiger partial charge in [0, 0.05) is 23.0 Å². The minimum absolute atomic E-state index is 0.185. The van der Waals surface area contributed by atoms with E-state index in [9.17, 15) is 0 Å². The van der Waals surface area contributed by atoms with Crippen molar-refractivity contribution in [3.05, 3.63) is 300 Å². The van der Waals surface area contributed by atoms with Crippen LogP contribution in [0.3, 0.4) is 0 Å². The monoisotopic (exact) mass is 914 g/mol. The van der Waals surface area contributed by atoms with Gasteiger partial charge in [-0.1, -0.05) is 182 Å². The second-order valence-electron chi connectivity index (χ2n) is 17.7. The molecular formula is C64H42F4N2. The van der Waals surface area contributed by atoms with E-state index in [4.69, 9.17) is 0 Å². The molecule has 336 valence electrons. The summed E-state index contributed by atoms with van der Waals surface area (Å²) in [5.74, 6) is -2.73. The summed E-state index contributed by atoms with van der Waals surface area (Å²) in [6.45, 7) is 0. The first-order valence-corrected chi connectivity index (χ1v) is 23.3. The topological polar surface area (TPSA) is 6.48 Å². The van der Waals surface area contributed by atoms with Crippen molar-refractivity contribution in [2.45, 2.75) is 0 Å². The zero-order valence-corrected chi connectivity index (χ0v) is 37.7. The molecule has 0 heterocycles. The SMILES string of the molecule is Fc1ccccc1N(C1=CC=C2C=CC3=C(N(c4ccccc4F)c4c(F)cc(-c5ccccc5)cc4-c4ccccc4)C=CC4=CC=C1C2C43)c1c(F)cc(-c2ccccc2)cc1-c1ccccc1. The van der Waals surface area contributed by atoms with Crippen LogP contribution < -0.4 is 9.80 Å². The maximum Gasteiger partial charge on any atom is 0.148 e. The first kappa shape index (κ1) is 42.6. The number of para-hydroxylation sites is 2. The van der Waals surface area contributed by atoms with Gasteiger partial charge in [-0.2, -0.15) is 0 Å². The summed E-state index contributed by atoms with van der Waals surface area (Å²) in [6.07, 6.45) is 16.2. The van der Waals surface area contributed by atoms with Crippen molar-refractivity contribution in [3.8, 4) is 44.5 Å². The Morgan fingerprint density at radius 2 is 0.757 bits per heavy atom. The molecule has 70 heavy (non-hydrogen) atoms. The molecule has 6 heteroatoms. The van der Waals surface area contributed by atoms with Crippen LogP contribution in [0, 0.1) is 35.1 Å². The number of rotatable bonds is 10. The normalized spacial score (nSPS) is 16.5. The van der Waals surface area contributed by atoms with Gasteiger partial charge in [0.25, 0.3) is 0 Å². The fourth-order valence-electron chi connectivity index (χ4n) is 10.6. The van der Waals surface area contributed by atoms with E-state index in [2.05, 4.69) is 24.3 Å². The zero-order valence-electron chi connectivity index (χ0n) is 37.7. The molecule has 0 amide bonds. The van der Waals surface area contributed by atoms with Gasteiger partial charge in [-0.25, -0.2) is 17.6 Å². The summed E-state index contributed by atoms with van der Waals surface area (Å²) in [4.78, 5) is 3.45. The zero-order chi connectivity index (χ0) is 47.3. The quantitative estimate of drug-likeness (QED) is 0.126. The molecule has 2 unspecified atom stereocenters. The molecule has 12 rings (SSSR count). The highest BCUT2D eigenvalue weighted by molar-refractivity contribution is 5.92. The minimum atomic E-state index is -0.520. The number of benzene rings is 8. The van der Waals surface area contributed by atoms with Crippen molar-refractivity contribution in [2.24, 2.45) is 11.8 Å². The maximum absolute atomic E-state index is 17.6. The van der Waals surface area contributed by atoms with Crippen molar-refractivity contribution in [3.63, 3.8) is 0 Å². The number of nitrogens with zero attached hydrogens (tertiary/aromatic N) is 2. The van der Waals surface area contributed by atoms with E-state index in [1.807, 2.05) is 158 Å². The van der Waals surface area contributed by atoms with E-state index >= 15 is 17.6 Å². The van der Waals surface area contributed by atoms with E-state index in [1.165, 1.54) is 24.3 Å². The lowest BCUT2D eigenvalue weighted by atomic mass is 9.63. The number of anilines is 4. The Hall–Kier alpha value is -8.74. The van der Waals surface area contributed by atoms with Crippen LogP contribution in [-0.4, -0.2) is 0 Å². The molecule has 0 saturated carbocycles. The van der Waals surface area contributed by atoms with Gasteiger partial charge in [-0.15, -0.1) is 0 Å². The van der Waals surface area contributed by atoms with Crippen molar-refractivity contribution >= 4 is 22.7 Å². The first-order valence-electron chi connectivity index (χ1n) is 23.3. The Labute approximate surface area is 404 Å². The molecule has 0 saturated heterocycles. The van der Waals surface area contributed by atoms with Crippen LogP contribution in [0.1, 0.15) is 0 Å². The van der Waals surface area contributed by atoms with Gasteiger partial charge in [0.15, 0.2) is 0 Å². The van der Waals surface area contributed by atoms with Crippen LogP contribution in [0.25, 0.3) is 44.5 Å². The molecule has 0 spiro atoms. The molecule has 2 nitrogen and oxygen atoms in total. The lowest BCUT2D eigenvalue weighted by Gasteiger charge is -2.45. The van der Waals surface area contributed by atoms with E-state index in [0.29, 0.717) is 33.6 Å². The van der Waals surface area contributed by atoms with Crippen LogP contribution in [0.5, 0.6) is 0 Å². The predicted molar refractivity (Wildman–Crippen MR) is 276 cm³/mol. The van der Waals surface area contributed by atoms with Gasteiger partial charge in [0.1, 0.15) is 23.3 Å². The van der Waals surface area contributed by atoms with Gasteiger partial charge >= 0.3 is 0 Å². The van der Waals surface area contributed by atoms with E-state index in [-0.39, 0.29) is 34.6 Å². The molecule has 8 aromatic carbocycles. The Balaban J connectivity index is 1.05. The number of hydrogen-bond acceptors (Lipinski definition) is 2. The average Bonchev–Trinajstić information content (AvgIpc) is 3.41. The third-order valence-electron chi connectivity index (χ3n) is 13.7. The molecule has 0 fully saturated rings. The van der Waals surface area contributed by atoms with Gasteiger partial charge in [-0.05, 0) is 116 Å². The molecule has 0 aromatic heterocycles. The number of allylic oxidation sites excluding steroid dienone is 12. The molecule has 8 aromatic rings. The largest absolute Gasteiger partial charge is 0.304 e. The molecular weight excluding hydrogens is 873 g/mol. The fourth-order valence-corrected chi connectivity index (χ4v) is 10.6. The van der Waals surface area contributed by atoms with Crippen LogP contribution in [0.2, 0.25) is 0 Å². The molecule has 0 bridgehead atoms. The van der Waals surface area contributed by atoms with Gasteiger partial charge in [0.05, 0.1) is 34.1 Å². The summed E-state index contributed by atoms with van der Waals surface area (Å²) in [5, 5.41) is 0. The lowest BCUT2D eigenvalue weighted by molar-refractivity contribution is 0.549. The highest BCUT2D eigenvalue weighted by atomic mass is 19.1. The number of halogens is 4. The lowest BCUT2D eigenvalue weighted by Crippen LogP contribution is -2.36. The second-order valence-corrected chi connectivity index (χ2v) is 17.7. The summed E-state index contributed by atoms with van der Waals surface area (Å²) >= 11 is 0. The minimum Gasteiger partial charge on any atom is -0.304 e. The number of hydrogen-bond donors (Lipinski definition) is 0. The van der Waals surface area contributed by atoms with Crippen molar-refractivity contribution in [1.29, 1.82) is 0 Å². The van der Waals surface area contributed by atoms with E-state index < -0.39 is 23.3 Å². The average molecular weight is 915 g/mol. The van der Waals surface area contributed by atoms with Gasteiger partial charge in [-0.3, -0.25) is 0 Å². The summed E-state index contributed by atoms with van der Waals surface area (Å²) in [7, 11) is 0. The van der Waals surface area contributed by atoms with Gasteiger partial charge in [0.2, 0.25) is 0 Å². The molecule has 0 aliphatic heterocycles. The Bertz CT molecular complexity index is 3590. The molecule has 0 N–H and O–H groups in total.